The fourth-order valence-electron chi connectivity index (χ4n) is 1.60. The first-order valence-electron chi connectivity index (χ1n) is 6.54. The quantitative estimate of drug-likeness (QED) is 0.345. The molecule has 30 heavy (non-hydrogen) atoms. The summed E-state index contributed by atoms with van der Waals surface area (Å²) in [6.07, 6.45) is -24.8. The van der Waals surface area contributed by atoms with Gasteiger partial charge < -0.3 is 0 Å². The number of alkyl halides is 16. The molecule has 0 aromatic heterocycles. The minimum absolute atomic E-state index is 4.51. The summed E-state index contributed by atoms with van der Waals surface area (Å²) < 4.78 is 234. The van der Waals surface area contributed by atoms with Gasteiger partial charge in [0, 0.05) is 0 Å². The molecule has 1 N–H and O–H groups in total. The molecule has 182 valence electrons. The van der Waals surface area contributed by atoms with Gasteiger partial charge in [-0.3, -0.25) is 4.55 Å². The van der Waals surface area contributed by atoms with E-state index >= 15 is 0 Å². The maximum atomic E-state index is 13.3. The highest BCUT2D eigenvalue weighted by molar-refractivity contribution is 7.87. The van der Waals surface area contributed by atoms with Crippen molar-refractivity contribution in [3.63, 3.8) is 0 Å². The monoisotopic (exact) mass is 510 g/mol. The molecule has 0 saturated carbocycles. The van der Waals surface area contributed by atoms with Gasteiger partial charge in [0.1, 0.15) is 0 Å². The van der Waals surface area contributed by atoms with Crippen LogP contribution in [-0.4, -0.2) is 73.0 Å². The second kappa shape index (κ2) is 8.05. The highest BCUT2D eigenvalue weighted by atomic mass is 32.2. The third-order valence-corrected chi connectivity index (χ3v) is 4.28. The van der Waals surface area contributed by atoms with Crippen LogP contribution in [0.3, 0.4) is 0 Å². The molecule has 0 aliphatic carbocycles. The van der Waals surface area contributed by atoms with Crippen LogP contribution in [0.25, 0.3) is 0 Å². The first-order chi connectivity index (χ1) is 12.8. The van der Waals surface area contributed by atoms with Crippen molar-refractivity contribution >= 4 is 10.1 Å². The van der Waals surface area contributed by atoms with Crippen LogP contribution in [0.2, 0.25) is 0 Å². The molecule has 0 aliphatic heterocycles. The van der Waals surface area contributed by atoms with Crippen LogP contribution in [0.1, 0.15) is 0 Å². The fourth-order valence-corrected chi connectivity index (χ4v) is 2.05. The van der Waals surface area contributed by atoms with Crippen LogP contribution in [0.4, 0.5) is 70.2 Å². The van der Waals surface area contributed by atoms with Gasteiger partial charge in [-0.2, -0.15) is 52.3 Å². The van der Waals surface area contributed by atoms with Gasteiger partial charge in [0.05, 0.1) is 0 Å². The Hall–Kier alpha value is -1.21. The molecular formula is C10H6F16O3S. The summed E-state index contributed by atoms with van der Waals surface area (Å²) in [6, 6.07) is 0. The van der Waals surface area contributed by atoms with Gasteiger partial charge in [-0.05, 0) is 0 Å². The Morgan fingerprint density at radius 3 is 1.23 bits per heavy atom. The third kappa shape index (κ3) is 4.12. The Morgan fingerprint density at radius 1 is 0.567 bits per heavy atom. The second-order valence-corrected chi connectivity index (χ2v) is 6.87. The zero-order valence-corrected chi connectivity index (χ0v) is 13.9. The lowest BCUT2D eigenvalue weighted by Crippen LogP contribution is -2.71. The minimum Gasteiger partial charge on any atom is -0.281 e. The first kappa shape index (κ1) is 28.8. The number of rotatable bonds is 10. The van der Waals surface area contributed by atoms with E-state index in [1.54, 1.807) is 0 Å². The topological polar surface area (TPSA) is 54.4 Å². The predicted octanol–water partition coefficient (Wildman–Crippen LogP) is 4.63. The van der Waals surface area contributed by atoms with Crippen molar-refractivity contribution in [3.05, 3.63) is 0 Å². The van der Waals surface area contributed by atoms with E-state index in [0.717, 1.165) is 0 Å². The summed E-state index contributed by atoms with van der Waals surface area (Å²) >= 11 is 0. The fraction of sp³-hybridized carbons (Fsp3) is 1.00. The molecule has 0 spiro atoms. The molecule has 0 amide bonds. The van der Waals surface area contributed by atoms with E-state index in [1.165, 1.54) is 0 Å². The standard InChI is InChI=1S/C10H6F16O3S/c11-1(3(13)5(15)16)2(12)4(14)6(17,18)7(19,20)8(21,22)9(23,24)10(25,26)30(27,28)29/h1-5H,(H,27,28,29). The van der Waals surface area contributed by atoms with Crippen molar-refractivity contribution < 1.29 is 83.2 Å². The lowest BCUT2D eigenvalue weighted by Gasteiger charge is -2.39. The van der Waals surface area contributed by atoms with Gasteiger partial charge in [0.15, 0.2) is 18.5 Å². The van der Waals surface area contributed by atoms with E-state index in [1.807, 2.05) is 0 Å². The van der Waals surface area contributed by atoms with Gasteiger partial charge >= 0.3 is 39.1 Å². The van der Waals surface area contributed by atoms with Crippen LogP contribution in [-0.2, 0) is 10.1 Å². The van der Waals surface area contributed by atoms with E-state index in [4.69, 9.17) is 4.55 Å². The van der Waals surface area contributed by atoms with E-state index in [2.05, 4.69) is 0 Å². The maximum absolute atomic E-state index is 13.3. The van der Waals surface area contributed by atoms with Crippen LogP contribution in [0.15, 0.2) is 0 Å². The summed E-state index contributed by atoms with van der Waals surface area (Å²) in [4.78, 5) is 0. The maximum Gasteiger partial charge on any atom is 0.438 e. The molecule has 0 radical (unpaired) electrons. The Labute approximate surface area is 154 Å². The molecule has 0 saturated heterocycles. The van der Waals surface area contributed by atoms with Crippen LogP contribution in [0.5, 0.6) is 0 Å². The Bertz CT molecular complexity index is 706. The van der Waals surface area contributed by atoms with E-state index < -0.39 is 70.2 Å². The third-order valence-electron chi connectivity index (χ3n) is 3.37. The van der Waals surface area contributed by atoms with Gasteiger partial charge in [0.2, 0.25) is 6.17 Å². The second-order valence-electron chi connectivity index (χ2n) is 5.41. The summed E-state index contributed by atoms with van der Waals surface area (Å²) in [7, 11) is -7.72. The van der Waals surface area contributed by atoms with E-state index in [9.17, 15) is 78.7 Å². The molecule has 0 aliphatic rings. The first-order valence-corrected chi connectivity index (χ1v) is 7.98. The van der Waals surface area contributed by atoms with Crippen molar-refractivity contribution in [2.45, 2.75) is 60.1 Å². The van der Waals surface area contributed by atoms with Crippen LogP contribution >= 0.6 is 0 Å². The molecule has 3 nitrogen and oxygen atoms in total. The van der Waals surface area contributed by atoms with Crippen molar-refractivity contribution in [2.75, 3.05) is 0 Å². The predicted molar refractivity (Wildman–Crippen MR) is 61.9 cm³/mol. The highest BCUT2D eigenvalue weighted by Gasteiger charge is 2.90. The summed E-state index contributed by atoms with van der Waals surface area (Å²) in [5.74, 6) is -32.3. The molecular weight excluding hydrogens is 504 g/mol. The zero-order chi connectivity index (χ0) is 24.9. The molecule has 0 aromatic rings. The zero-order valence-electron chi connectivity index (χ0n) is 13.1. The molecule has 0 aromatic carbocycles. The summed E-state index contributed by atoms with van der Waals surface area (Å²) in [6.45, 7) is 0. The molecule has 0 bridgehead atoms. The Balaban J connectivity index is 6.37. The van der Waals surface area contributed by atoms with Crippen molar-refractivity contribution in [3.8, 4) is 0 Å². The van der Waals surface area contributed by atoms with Crippen molar-refractivity contribution in [1.29, 1.82) is 0 Å². The number of hydrogen-bond acceptors (Lipinski definition) is 2. The molecule has 4 unspecified atom stereocenters. The largest absolute Gasteiger partial charge is 0.438 e. The van der Waals surface area contributed by atoms with E-state index in [0.29, 0.717) is 0 Å². The van der Waals surface area contributed by atoms with E-state index in [-0.39, 0.29) is 0 Å². The Kier molecular flexibility index (Phi) is 7.72. The minimum atomic E-state index is -8.32. The molecule has 0 heterocycles. The lowest BCUT2D eigenvalue weighted by atomic mass is 9.92. The molecule has 20 heteroatoms. The molecule has 4 atom stereocenters. The lowest BCUT2D eigenvalue weighted by molar-refractivity contribution is -0.399. The van der Waals surface area contributed by atoms with Crippen molar-refractivity contribution in [1.82, 2.24) is 0 Å². The summed E-state index contributed by atoms with van der Waals surface area (Å²) in [5.41, 5.74) is 0. The summed E-state index contributed by atoms with van der Waals surface area (Å²) in [5, 5.41) is -7.62. The van der Waals surface area contributed by atoms with Gasteiger partial charge in [0.25, 0.3) is 6.43 Å². The van der Waals surface area contributed by atoms with Crippen LogP contribution < -0.4 is 0 Å². The van der Waals surface area contributed by atoms with Gasteiger partial charge in [-0.25, -0.2) is 26.3 Å². The van der Waals surface area contributed by atoms with Crippen LogP contribution in [0, 0.1) is 0 Å². The normalized spacial score (nSPS) is 19.5. The number of halogens is 16. The van der Waals surface area contributed by atoms with Gasteiger partial charge in [-0.1, -0.05) is 0 Å². The van der Waals surface area contributed by atoms with Gasteiger partial charge in [-0.15, -0.1) is 0 Å². The smallest absolute Gasteiger partial charge is 0.281 e. The number of hydrogen-bond donors (Lipinski definition) is 1. The average Bonchev–Trinajstić information content (AvgIpc) is 2.56. The highest BCUT2D eigenvalue weighted by Crippen LogP contribution is 2.59. The Morgan fingerprint density at radius 2 is 0.933 bits per heavy atom. The average molecular weight is 510 g/mol. The molecule has 0 rings (SSSR count). The SMILES string of the molecule is O=S(=O)(O)C(F)(F)C(F)(F)C(F)(F)C(F)(F)C(F)(F)C(F)C(F)C(F)C(F)C(F)F. The molecule has 0 fully saturated rings. The van der Waals surface area contributed by atoms with Crippen molar-refractivity contribution in [2.24, 2.45) is 0 Å².